The maximum absolute atomic E-state index is 12.1. The van der Waals surface area contributed by atoms with Crippen LogP contribution in [0, 0.1) is 0 Å². The molecule has 0 aliphatic rings. The van der Waals surface area contributed by atoms with E-state index < -0.39 is 10.0 Å². The molecule has 0 spiro atoms. The van der Waals surface area contributed by atoms with Gasteiger partial charge in [-0.3, -0.25) is 4.79 Å². The smallest absolute Gasteiger partial charge is 0.304 e. The zero-order valence-corrected chi connectivity index (χ0v) is 13.3. The molecule has 0 aliphatic heterocycles. The fraction of sp³-hybridized carbons (Fsp3) is 0.364. The Labute approximate surface area is 124 Å². The van der Waals surface area contributed by atoms with Crippen molar-refractivity contribution in [3.63, 3.8) is 0 Å². The number of aromatic nitrogens is 1. The van der Waals surface area contributed by atoms with Crippen molar-refractivity contribution < 1.29 is 8.42 Å². The van der Waals surface area contributed by atoms with Gasteiger partial charge in [0.25, 0.3) is 0 Å². The van der Waals surface area contributed by atoms with Gasteiger partial charge in [0.15, 0.2) is 0 Å². The zero-order valence-electron chi connectivity index (χ0n) is 10.8. The minimum Gasteiger partial charge on any atom is -0.319 e. The second-order valence-corrected chi connectivity index (χ2v) is 8.08. The minimum atomic E-state index is -3.52. The van der Waals surface area contributed by atoms with Crippen LogP contribution >= 0.6 is 22.7 Å². The number of likely N-dealkylation sites (N-methyl/N-ethyl adjacent to an activating group) is 1. The molecule has 0 unspecified atom stereocenters. The predicted octanol–water partition coefficient (Wildman–Crippen LogP) is 0.738. The van der Waals surface area contributed by atoms with Gasteiger partial charge in [-0.2, -0.15) is 0 Å². The quantitative estimate of drug-likeness (QED) is 0.697. The van der Waals surface area contributed by atoms with Crippen molar-refractivity contribution in [3.8, 4) is 0 Å². The van der Waals surface area contributed by atoms with Gasteiger partial charge < -0.3 is 10.3 Å². The summed E-state index contributed by atoms with van der Waals surface area (Å²) < 4.78 is 27.0. The number of rotatable bonds is 7. The highest BCUT2D eigenvalue weighted by Gasteiger charge is 2.16. The predicted molar refractivity (Wildman–Crippen MR) is 80.9 cm³/mol. The lowest BCUT2D eigenvalue weighted by atomic mass is 10.3. The lowest BCUT2D eigenvalue weighted by Gasteiger charge is -2.02. The summed E-state index contributed by atoms with van der Waals surface area (Å²) in [6.45, 7) is 0.897. The van der Waals surface area contributed by atoms with E-state index in [4.69, 9.17) is 0 Å². The zero-order chi connectivity index (χ0) is 14.6. The van der Waals surface area contributed by atoms with Crippen LogP contribution in [0.3, 0.4) is 0 Å². The summed E-state index contributed by atoms with van der Waals surface area (Å²) in [4.78, 5) is 14.4. The summed E-state index contributed by atoms with van der Waals surface area (Å²) >= 11 is 2.27. The molecule has 9 heteroatoms. The number of thiophene rings is 1. The summed E-state index contributed by atoms with van der Waals surface area (Å²) in [6, 6.07) is 3.43. The molecule has 0 amide bonds. The Morgan fingerprint density at radius 2 is 2.15 bits per heavy atom. The Kier molecular flexibility index (Phi) is 5.11. The molecule has 0 radical (unpaired) electrons. The number of thiazole rings is 1. The molecule has 2 aromatic rings. The Morgan fingerprint density at radius 3 is 2.80 bits per heavy atom. The standard InChI is InChI=1S/C11H15N3O3S3/c1-12-5-4-9-2-3-10(19-9)20(16,17)13-6-8-7-18-11(15)14-8/h2-3,7,12-13H,4-6H2,1H3,(H,14,15). The maximum Gasteiger partial charge on any atom is 0.304 e. The average Bonchev–Trinajstić information content (AvgIpc) is 3.03. The summed E-state index contributed by atoms with van der Waals surface area (Å²) in [7, 11) is -1.67. The molecule has 0 atom stereocenters. The summed E-state index contributed by atoms with van der Waals surface area (Å²) in [5.41, 5.74) is 0.565. The lowest BCUT2D eigenvalue weighted by Crippen LogP contribution is -2.22. The van der Waals surface area contributed by atoms with Gasteiger partial charge in [0, 0.05) is 16.0 Å². The van der Waals surface area contributed by atoms with Gasteiger partial charge >= 0.3 is 4.87 Å². The first-order chi connectivity index (χ1) is 9.51. The molecular weight excluding hydrogens is 318 g/mol. The second-order valence-electron chi connectivity index (χ2n) is 4.07. The first-order valence-electron chi connectivity index (χ1n) is 5.91. The van der Waals surface area contributed by atoms with Crippen molar-refractivity contribution in [3.05, 3.63) is 37.8 Å². The Morgan fingerprint density at radius 1 is 1.35 bits per heavy atom. The third kappa shape index (κ3) is 4.00. The van der Waals surface area contributed by atoms with Gasteiger partial charge in [-0.15, -0.1) is 11.3 Å². The van der Waals surface area contributed by atoms with Crippen molar-refractivity contribution in [2.45, 2.75) is 17.2 Å². The third-order valence-corrected chi connectivity index (χ3v) is 6.30. The molecule has 2 aromatic heterocycles. The van der Waals surface area contributed by atoms with Gasteiger partial charge in [0.1, 0.15) is 4.21 Å². The van der Waals surface area contributed by atoms with Crippen LogP contribution < -0.4 is 14.9 Å². The van der Waals surface area contributed by atoms with E-state index in [0.29, 0.717) is 9.90 Å². The molecule has 0 saturated heterocycles. The van der Waals surface area contributed by atoms with E-state index in [1.54, 1.807) is 11.4 Å². The van der Waals surface area contributed by atoms with Crippen LogP contribution in [0.2, 0.25) is 0 Å². The maximum atomic E-state index is 12.1. The molecule has 110 valence electrons. The van der Waals surface area contributed by atoms with E-state index >= 15 is 0 Å². The number of sulfonamides is 1. The third-order valence-electron chi connectivity index (χ3n) is 2.55. The molecule has 3 N–H and O–H groups in total. The van der Waals surface area contributed by atoms with E-state index in [1.807, 2.05) is 13.1 Å². The molecule has 0 aromatic carbocycles. The van der Waals surface area contributed by atoms with E-state index in [-0.39, 0.29) is 11.4 Å². The highest BCUT2D eigenvalue weighted by molar-refractivity contribution is 7.91. The highest BCUT2D eigenvalue weighted by atomic mass is 32.2. The number of hydrogen-bond acceptors (Lipinski definition) is 6. The van der Waals surface area contributed by atoms with Crippen LogP contribution in [0.4, 0.5) is 0 Å². The molecule has 0 fully saturated rings. The summed E-state index contributed by atoms with van der Waals surface area (Å²) in [5, 5.41) is 4.63. The average molecular weight is 333 g/mol. The fourth-order valence-electron chi connectivity index (χ4n) is 1.53. The molecule has 20 heavy (non-hydrogen) atoms. The number of nitrogens with one attached hydrogen (secondary N) is 3. The minimum absolute atomic E-state index is 0.0881. The van der Waals surface area contributed by atoms with Crippen molar-refractivity contribution in [2.24, 2.45) is 0 Å². The van der Waals surface area contributed by atoms with Gasteiger partial charge in [-0.25, -0.2) is 13.1 Å². The number of aromatic amines is 1. The fourth-order valence-corrected chi connectivity index (χ4v) is 4.52. The second kappa shape index (κ2) is 6.64. The summed E-state index contributed by atoms with van der Waals surface area (Å²) in [6.07, 6.45) is 0.800. The van der Waals surface area contributed by atoms with Crippen LogP contribution in [0.25, 0.3) is 0 Å². The van der Waals surface area contributed by atoms with Crippen molar-refractivity contribution in [1.82, 2.24) is 15.0 Å². The first-order valence-corrected chi connectivity index (χ1v) is 9.09. The Bertz CT molecular complexity index is 714. The number of H-pyrrole nitrogens is 1. The van der Waals surface area contributed by atoms with E-state index in [1.165, 1.54) is 11.3 Å². The molecular formula is C11H15N3O3S3. The van der Waals surface area contributed by atoms with Gasteiger partial charge in [0.2, 0.25) is 10.0 Å². The van der Waals surface area contributed by atoms with E-state index in [9.17, 15) is 13.2 Å². The SMILES string of the molecule is CNCCc1ccc(S(=O)(=O)NCc2csc(=O)[nH]2)s1. The van der Waals surface area contributed by atoms with Crippen molar-refractivity contribution in [2.75, 3.05) is 13.6 Å². The van der Waals surface area contributed by atoms with Gasteiger partial charge in [0.05, 0.1) is 6.54 Å². The van der Waals surface area contributed by atoms with Crippen LogP contribution in [-0.2, 0) is 23.0 Å². The monoisotopic (exact) mass is 333 g/mol. The van der Waals surface area contributed by atoms with Crippen LogP contribution in [-0.4, -0.2) is 27.0 Å². The number of hydrogen-bond donors (Lipinski definition) is 3. The Balaban J connectivity index is 2.02. The lowest BCUT2D eigenvalue weighted by molar-refractivity contribution is 0.582. The van der Waals surface area contributed by atoms with Gasteiger partial charge in [-0.1, -0.05) is 11.3 Å². The van der Waals surface area contributed by atoms with E-state index in [2.05, 4.69) is 15.0 Å². The van der Waals surface area contributed by atoms with Crippen LogP contribution in [0.15, 0.2) is 26.5 Å². The Hall–Kier alpha value is -1.00. The molecule has 0 aliphatic carbocycles. The molecule has 0 saturated carbocycles. The topological polar surface area (TPSA) is 91.1 Å². The first kappa shape index (κ1) is 15.4. The summed E-state index contributed by atoms with van der Waals surface area (Å²) in [5.74, 6) is 0. The van der Waals surface area contributed by atoms with Gasteiger partial charge in [-0.05, 0) is 32.1 Å². The largest absolute Gasteiger partial charge is 0.319 e. The molecule has 2 rings (SSSR count). The highest BCUT2D eigenvalue weighted by Crippen LogP contribution is 2.21. The van der Waals surface area contributed by atoms with Crippen molar-refractivity contribution in [1.29, 1.82) is 0 Å². The molecule has 6 nitrogen and oxygen atoms in total. The van der Waals surface area contributed by atoms with Crippen LogP contribution in [0.1, 0.15) is 10.6 Å². The van der Waals surface area contributed by atoms with Crippen LogP contribution in [0.5, 0.6) is 0 Å². The molecule has 0 bridgehead atoms. The molecule has 2 heterocycles. The van der Waals surface area contributed by atoms with E-state index in [0.717, 1.165) is 29.2 Å². The normalized spacial score (nSPS) is 11.8. The van der Waals surface area contributed by atoms with Crippen molar-refractivity contribution >= 4 is 32.7 Å².